The first-order valence-corrected chi connectivity index (χ1v) is 10.6. The summed E-state index contributed by atoms with van der Waals surface area (Å²) in [5, 5.41) is 9.42. The second-order valence-electron chi connectivity index (χ2n) is 7.83. The van der Waals surface area contributed by atoms with Crippen LogP contribution >= 0.6 is 11.6 Å². The Bertz CT molecular complexity index is 1100. The van der Waals surface area contributed by atoms with Gasteiger partial charge in [-0.15, -0.1) is 0 Å². The third-order valence-corrected chi connectivity index (χ3v) is 5.36. The second kappa shape index (κ2) is 11.8. The number of nitrogens with zero attached hydrogens (tertiary/aromatic N) is 2. The first-order chi connectivity index (χ1) is 16.0. The van der Waals surface area contributed by atoms with Crippen molar-refractivity contribution in [2.45, 2.75) is 19.4 Å². The van der Waals surface area contributed by atoms with Gasteiger partial charge in [-0.2, -0.15) is 0 Å². The van der Waals surface area contributed by atoms with E-state index in [1.807, 2.05) is 7.05 Å². The molecule has 0 saturated heterocycles. The van der Waals surface area contributed by atoms with E-state index in [0.717, 1.165) is 18.9 Å². The molecular formula is C22H28ClFN8O2. The van der Waals surface area contributed by atoms with Crippen molar-refractivity contribution < 1.29 is 14.0 Å². The molecule has 0 bridgehead atoms. The minimum absolute atomic E-state index is 0.0675. The second-order valence-corrected chi connectivity index (χ2v) is 8.24. The lowest BCUT2D eigenvalue weighted by atomic mass is 10.1. The van der Waals surface area contributed by atoms with Gasteiger partial charge in [-0.1, -0.05) is 29.8 Å². The smallest absolute Gasteiger partial charge is 0.313 e. The maximum Gasteiger partial charge on any atom is 0.313 e. The number of halogens is 2. The summed E-state index contributed by atoms with van der Waals surface area (Å²) < 4.78 is 12.8. The molecule has 34 heavy (non-hydrogen) atoms. The molecule has 182 valence electrons. The molecule has 0 spiro atoms. The number of primary amides is 1. The molecule has 10 N–H and O–H groups in total. The van der Waals surface area contributed by atoms with Crippen molar-refractivity contribution in [2.75, 3.05) is 18.9 Å². The van der Waals surface area contributed by atoms with Gasteiger partial charge in [0.1, 0.15) is 5.82 Å². The highest BCUT2D eigenvalue weighted by atomic mass is 35.5. The molecule has 0 heterocycles. The maximum atomic E-state index is 12.8. The van der Waals surface area contributed by atoms with Gasteiger partial charge in [-0.05, 0) is 53.6 Å². The van der Waals surface area contributed by atoms with E-state index in [9.17, 15) is 14.0 Å². The molecule has 2 amide bonds. The molecule has 0 radical (unpaired) electrons. The van der Waals surface area contributed by atoms with Crippen molar-refractivity contribution in [3.05, 3.63) is 63.9 Å². The van der Waals surface area contributed by atoms with Crippen molar-refractivity contribution in [3.8, 4) is 0 Å². The van der Waals surface area contributed by atoms with Gasteiger partial charge in [0.05, 0.1) is 5.02 Å². The Balaban J connectivity index is 0.000000257. The van der Waals surface area contributed by atoms with Crippen LogP contribution in [-0.2, 0) is 29.0 Å². The minimum atomic E-state index is -1.14. The number of benzene rings is 2. The van der Waals surface area contributed by atoms with Crippen LogP contribution in [0.1, 0.15) is 16.7 Å². The van der Waals surface area contributed by atoms with Crippen molar-refractivity contribution in [3.63, 3.8) is 0 Å². The lowest BCUT2D eigenvalue weighted by molar-refractivity contribution is -0.134. The largest absolute Gasteiger partial charge is 0.370 e. The molecule has 2 aromatic carbocycles. The molecular weight excluding hydrogens is 463 g/mol. The van der Waals surface area contributed by atoms with Crippen LogP contribution in [-0.4, -0.2) is 42.2 Å². The van der Waals surface area contributed by atoms with Crippen LogP contribution in [0.2, 0.25) is 5.02 Å². The molecule has 0 aromatic heterocycles. The minimum Gasteiger partial charge on any atom is -0.370 e. The highest BCUT2D eigenvalue weighted by Gasteiger charge is 2.21. The van der Waals surface area contributed by atoms with Crippen molar-refractivity contribution in [1.29, 1.82) is 5.41 Å². The number of hydrogen-bond donors (Lipinski definition) is 6. The molecule has 2 aromatic rings. The SMILES string of the molecule is CN(Cc1ccc2c(c1)C[C@@H](CN=C(N)N)C2)C(=N)N.NC(=O)C(=O)Nc1ccc(Cl)c(F)c1. The number of guanidine groups is 2. The summed E-state index contributed by atoms with van der Waals surface area (Å²) in [6.07, 6.45) is 2.03. The Labute approximate surface area is 201 Å². The van der Waals surface area contributed by atoms with Crippen molar-refractivity contribution in [2.24, 2.45) is 33.8 Å². The molecule has 12 heteroatoms. The van der Waals surface area contributed by atoms with Gasteiger partial charge in [-0.25, -0.2) is 4.39 Å². The quantitative estimate of drug-likeness (QED) is 0.205. The van der Waals surface area contributed by atoms with Gasteiger partial charge in [0.25, 0.3) is 0 Å². The highest BCUT2D eigenvalue weighted by Crippen LogP contribution is 2.28. The van der Waals surface area contributed by atoms with Crippen molar-refractivity contribution in [1.82, 2.24) is 4.90 Å². The monoisotopic (exact) mass is 490 g/mol. The van der Waals surface area contributed by atoms with E-state index in [1.165, 1.54) is 28.8 Å². The third-order valence-electron chi connectivity index (χ3n) is 5.05. The molecule has 10 nitrogen and oxygen atoms in total. The number of carbonyl (C=O) groups excluding carboxylic acids is 2. The van der Waals surface area contributed by atoms with Crippen LogP contribution in [0, 0.1) is 17.1 Å². The van der Waals surface area contributed by atoms with Crippen LogP contribution in [0.3, 0.4) is 0 Å². The fraction of sp³-hybridized carbons (Fsp3) is 0.273. The normalized spacial score (nSPS) is 13.7. The summed E-state index contributed by atoms with van der Waals surface area (Å²) in [4.78, 5) is 26.9. The van der Waals surface area contributed by atoms with Gasteiger partial charge in [0.2, 0.25) is 0 Å². The molecule has 1 aliphatic rings. The van der Waals surface area contributed by atoms with Crippen LogP contribution in [0.25, 0.3) is 0 Å². The van der Waals surface area contributed by atoms with E-state index in [1.54, 1.807) is 4.90 Å². The van der Waals surface area contributed by atoms with Gasteiger partial charge in [-0.3, -0.25) is 20.0 Å². The Hall–Kier alpha value is -3.86. The summed E-state index contributed by atoms with van der Waals surface area (Å²) in [7, 11) is 1.82. The van der Waals surface area contributed by atoms with Crippen LogP contribution < -0.4 is 28.3 Å². The number of amides is 2. The number of nitrogens with one attached hydrogen (secondary N) is 2. The number of hydrogen-bond acceptors (Lipinski definition) is 4. The Morgan fingerprint density at radius 1 is 1.15 bits per heavy atom. The van der Waals surface area contributed by atoms with Gasteiger partial charge in [0, 0.05) is 25.8 Å². The average molecular weight is 491 g/mol. The summed E-state index contributed by atoms with van der Waals surface area (Å²) in [5.74, 6) is -2.12. The molecule has 1 atom stereocenters. The fourth-order valence-electron chi connectivity index (χ4n) is 3.35. The first kappa shape index (κ1) is 26.4. The van der Waals surface area contributed by atoms with E-state index >= 15 is 0 Å². The number of carbonyl (C=O) groups is 2. The number of aliphatic imine (C=N–C) groups is 1. The van der Waals surface area contributed by atoms with E-state index in [2.05, 4.69) is 34.2 Å². The van der Waals surface area contributed by atoms with Gasteiger partial charge in [0.15, 0.2) is 11.9 Å². The number of fused-ring (bicyclic) bond motifs is 1. The average Bonchev–Trinajstić information content (AvgIpc) is 3.17. The summed E-state index contributed by atoms with van der Waals surface area (Å²) in [6, 6.07) is 10.1. The molecule has 0 saturated carbocycles. The lowest BCUT2D eigenvalue weighted by Gasteiger charge is -2.17. The first-order valence-electron chi connectivity index (χ1n) is 10.2. The Kier molecular flexibility index (Phi) is 9.19. The molecule has 1 aliphatic carbocycles. The highest BCUT2D eigenvalue weighted by molar-refractivity contribution is 6.39. The lowest BCUT2D eigenvalue weighted by Crippen LogP contribution is -2.32. The molecule has 0 unspecified atom stereocenters. The topological polar surface area (TPSA) is 190 Å². The molecule has 0 aliphatic heterocycles. The standard InChI is InChI=1S/C14H22N6.C8H6ClFN2O2/c1-20(14(17)18)8-9-2-3-11-5-10(6-12(11)4-9)7-19-13(15)16;9-5-2-1-4(3-6(5)10)12-8(14)7(11)13/h2-4,10H,5-8H2,1H3,(H3,17,18)(H4,15,16,19);1-3H,(H2,11,13)(H,12,14)/t10-;/m0./s1. The van der Waals surface area contributed by atoms with E-state index in [-0.39, 0.29) is 22.6 Å². The molecule has 0 fully saturated rings. The van der Waals surface area contributed by atoms with Crippen LogP contribution in [0.5, 0.6) is 0 Å². The summed E-state index contributed by atoms with van der Waals surface area (Å²) >= 11 is 5.40. The number of anilines is 1. The van der Waals surface area contributed by atoms with Crippen LogP contribution in [0.4, 0.5) is 10.1 Å². The van der Waals surface area contributed by atoms with E-state index < -0.39 is 17.6 Å². The van der Waals surface area contributed by atoms with Gasteiger partial charge >= 0.3 is 11.8 Å². The maximum absolute atomic E-state index is 12.8. The predicted octanol–water partition coefficient (Wildman–Crippen LogP) is 0.903. The Morgan fingerprint density at radius 2 is 1.82 bits per heavy atom. The fourth-order valence-corrected chi connectivity index (χ4v) is 3.47. The zero-order valence-electron chi connectivity index (χ0n) is 18.6. The third kappa shape index (κ3) is 7.93. The zero-order valence-corrected chi connectivity index (χ0v) is 19.4. The van der Waals surface area contributed by atoms with Gasteiger partial charge < -0.3 is 33.2 Å². The van der Waals surface area contributed by atoms with E-state index in [4.69, 9.17) is 34.2 Å². The number of rotatable bonds is 5. The zero-order chi connectivity index (χ0) is 25.4. The van der Waals surface area contributed by atoms with Crippen molar-refractivity contribution >= 4 is 41.0 Å². The number of nitrogens with two attached hydrogens (primary N) is 4. The van der Waals surface area contributed by atoms with E-state index in [0.29, 0.717) is 19.0 Å². The Morgan fingerprint density at radius 3 is 2.41 bits per heavy atom. The summed E-state index contributed by atoms with van der Waals surface area (Å²) in [6.45, 7) is 1.33. The van der Waals surface area contributed by atoms with Crippen LogP contribution in [0.15, 0.2) is 41.4 Å². The molecule has 3 rings (SSSR count). The predicted molar refractivity (Wildman–Crippen MR) is 131 cm³/mol. The summed E-state index contributed by atoms with van der Waals surface area (Å²) in [5.41, 5.74) is 24.9.